The number of aromatic nitrogens is 1. The molecule has 0 aliphatic carbocycles. The fraction of sp³-hybridized carbons (Fsp3) is 0.417. The number of hydrogen-bond acceptors (Lipinski definition) is 4. The Balaban J connectivity index is 1.91. The summed E-state index contributed by atoms with van der Waals surface area (Å²) in [6.45, 7) is 2.96. The lowest BCUT2D eigenvalue weighted by Gasteiger charge is -2.17. The maximum Gasteiger partial charge on any atom is 0.134 e. The second kappa shape index (κ2) is 4.03. The normalized spacial score (nSPS) is 25.1. The standard InChI is InChI=1S/C12H14N2OS/c1-8-10(3-6-15-8)14-12-9-4-7-16-11(9)2-5-13-12/h2,4-5,7-8,10H,3,6H2,1H3,(H,13,14). The summed E-state index contributed by atoms with van der Waals surface area (Å²) in [6, 6.07) is 4.56. The van der Waals surface area contributed by atoms with E-state index in [0.29, 0.717) is 6.04 Å². The summed E-state index contributed by atoms with van der Waals surface area (Å²) in [5.41, 5.74) is 0. The number of rotatable bonds is 2. The van der Waals surface area contributed by atoms with Gasteiger partial charge in [0, 0.05) is 22.9 Å². The van der Waals surface area contributed by atoms with Gasteiger partial charge in [0.05, 0.1) is 12.1 Å². The molecule has 0 aromatic carbocycles. The maximum atomic E-state index is 5.54. The molecule has 0 spiro atoms. The van der Waals surface area contributed by atoms with Crippen molar-refractivity contribution in [3.63, 3.8) is 0 Å². The zero-order valence-corrected chi connectivity index (χ0v) is 9.96. The smallest absolute Gasteiger partial charge is 0.134 e. The molecule has 0 amide bonds. The van der Waals surface area contributed by atoms with Gasteiger partial charge < -0.3 is 10.1 Å². The van der Waals surface area contributed by atoms with Gasteiger partial charge in [-0.2, -0.15) is 0 Å². The zero-order chi connectivity index (χ0) is 11.0. The Morgan fingerprint density at radius 3 is 3.25 bits per heavy atom. The fourth-order valence-corrected chi connectivity index (χ4v) is 2.89. The van der Waals surface area contributed by atoms with E-state index in [2.05, 4.69) is 34.7 Å². The Kier molecular flexibility index (Phi) is 2.53. The van der Waals surface area contributed by atoms with Crippen LogP contribution < -0.4 is 5.32 Å². The van der Waals surface area contributed by atoms with Crippen LogP contribution in [-0.2, 0) is 4.74 Å². The molecule has 1 N–H and O–H groups in total. The van der Waals surface area contributed by atoms with Crippen LogP contribution in [0.25, 0.3) is 10.1 Å². The van der Waals surface area contributed by atoms with Gasteiger partial charge in [-0.25, -0.2) is 4.98 Å². The van der Waals surface area contributed by atoms with Crippen LogP contribution in [0.5, 0.6) is 0 Å². The van der Waals surface area contributed by atoms with E-state index in [9.17, 15) is 0 Å². The molecule has 0 bridgehead atoms. The molecule has 2 unspecified atom stereocenters. The van der Waals surface area contributed by atoms with Crippen LogP contribution in [0.15, 0.2) is 23.7 Å². The molecule has 0 radical (unpaired) electrons. The summed E-state index contributed by atoms with van der Waals surface area (Å²) in [5, 5.41) is 6.81. The lowest BCUT2D eigenvalue weighted by atomic mass is 10.1. The Hall–Kier alpha value is -1.13. The van der Waals surface area contributed by atoms with Crippen molar-refractivity contribution in [3.8, 4) is 0 Å². The molecular weight excluding hydrogens is 220 g/mol. The predicted molar refractivity (Wildman–Crippen MR) is 67.1 cm³/mol. The number of nitrogens with zero attached hydrogens (tertiary/aromatic N) is 1. The zero-order valence-electron chi connectivity index (χ0n) is 9.14. The molecule has 1 aliphatic rings. The molecule has 3 heterocycles. The Morgan fingerprint density at radius 2 is 2.44 bits per heavy atom. The SMILES string of the molecule is CC1OCCC1Nc1nccc2sccc12. The highest BCUT2D eigenvalue weighted by Crippen LogP contribution is 2.27. The first-order chi connectivity index (χ1) is 7.84. The number of hydrogen-bond donors (Lipinski definition) is 1. The molecule has 3 nitrogen and oxygen atoms in total. The van der Waals surface area contributed by atoms with Crippen LogP contribution in [-0.4, -0.2) is 23.7 Å². The quantitative estimate of drug-likeness (QED) is 0.867. The lowest BCUT2D eigenvalue weighted by molar-refractivity contribution is 0.121. The van der Waals surface area contributed by atoms with Crippen molar-refractivity contribution in [2.45, 2.75) is 25.5 Å². The van der Waals surface area contributed by atoms with E-state index in [0.717, 1.165) is 18.8 Å². The molecule has 0 saturated carbocycles. The van der Waals surface area contributed by atoms with Crippen LogP contribution in [0.3, 0.4) is 0 Å². The predicted octanol–water partition coefficient (Wildman–Crippen LogP) is 2.89. The third-order valence-corrected chi connectivity index (χ3v) is 3.96. The number of pyridine rings is 1. The molecule has 1 fully saturated rings. The minimum atomic E-state index is 0.274. The highest BCUT2D eigenvalue weighted by Gasteiger charge is 2.24. The van der Waals surface area contributed by atoms with Crippen LogP contribution in [0.2, 0.25) is 0 Å². The maximum absolute atomic E-state index is 5.54. The molecular formula is C12H14N2OS. The van der Waals surface area contributed by atoms with Crippen molar-refractivity contribution in [2.75, 3.05) is 11.9 Å². The van der Waals surface area contributed by atoms with Gasteiger partial charge >= 0.3 is 0 Å². The fourth-order valence-electron chi connectivity index (χ4n) is 2.11. The number of nitrogens with one attached hydrogen (secondary N) is 1. The van der Waals surface area contributed by atoms with Gasteiger partial charge in [0.2, 0.25) is 0 Å². The van der Waals surface area contributed by atoms with Crippen LogP contribution in [0, 0.1) is 0 Å². The molecule has 1 aliphatic heterocycles. The number of anilines is 1. The minimum Gasteiger partial charge on any atom is -0.376 e. The summed E-state index contributed by atoms with van der Waals surface area (Å²) >= 11 is 1.75. The molecule has 3 rings (SSSR count). The van der Waals surface area contributed by atoms with E-state index in [-0.39, 0.29) is 6.10 Å². The van der Waals surface area contributed by atoms with Crippen LogP contribution in [0.4, 0.5) is 5.82 Å². The largest absolute Gasteiger partial charge is 0.376 e. The first kappa shape index (κ1) is 10.1. The molecule has 2 atom stereocenters. The van der Waals surface area contributed by atoms with E-state index < -0.39 is 0 Å². The molecule has 1 saturated heterocycles. The van der Waals surface area contributed by atoms with Gasteiger partial charge in [0.15, 0.2) is 0 Å². The van der Waals surface area contributed by atoms with Gasteiger partial charge in [-0.1, -0.05) is 0 Å². The second-order valence-electron chi connectivity index (χ2n) is 4.11. The summed E-state index contributed by atoms with van der Waals surface area (Å²) in [7, 11) is 0. The lowest BCUT2D eigenvalue weighted by Crippen LogP contribution is -2.27. The monoisotopic (exact) mass is 234 g/mol. The topological polar surface area (TPSA) is 34.1 Å². The average molecular weight is 234 g/mol. The first-order valence-electron chi connectivity index (χ1n) is 5.55. The van der Waals surface area contributed by atoms with Crippen LogP contribution >= 0.6 is 11.3 Å². The summed E-state index contributed by atoms with van der Waals surface area (Å²) in [6.07, 6.45) is 3.20. The van der Waals surface area contributed by atoms with E-state index in [1.807, 2.05) is 6.20 Å². The van der Waals surface area contributed by atoms with Crippen molar-refractivity contribution < 1.29 is 4.74 Å². The highest BCUT2D eigenvalue weighted by molar-refractivity contribution is 7.17. The third-order valence-electron chi connectivity index (χ3n) is 3.08. The number of thiophene rings is 1. The van der Waals surface area contributed by atoms with Crippen molar-refractivity contribution in [3.05, 3.63) is 23.7 Å². The highest BCUT2D eigenvalue weighted by atomic mass is 32.1. The van der Waals surface area contributed by atoms with Gasteiger partial charge in [-0.15, -0.1) is 11.3 Å². The van der Waals surface area contributed by atoms with Crippen molar-refractivity contribution >= 4 is 27.2 Å². The van der Waals surface area contributed by atoms with Gasteiger partial charge in [0.25, 0.3) is 0 Å². The molecule has 2 aromatic heterocycles. The Labute approximate surface area is 98.5 Å². The Morgan fingerprint density at radius 1 is 1.50 bits per heavy atom. The number of ether oxygens (including phenoxy) is 1. The van der Waals surface area contributed by atoms with Gasteiger partial charge in [0.1, 0.15) is 5.82 Å². The number of fused-ring (bicyclic) bond motifs is 1. The van der Waals surface area contributed by atoms with E-state index in [1.54, 1.807) is 11.3 Å². The van der Waals surface area contributed by atoms with E-state index >= 15 is 0 Å². The van der Waals surface area contributed by atoms with E-state index in [1.165, 1.54) is 10.1 Å². The summed E-state index contributed by atoms with van der Waals surface area (Å²) in [5.74, 6) is 0.987. The summed E-state index contributed by atoms with van der Waals surface area (Å²) < 4.78 is 6.83. The van der Waals surface area contributed by atoms with Gasteiger partial charge in [-0.3, -0.25) is 0 Å². The van der Waals surface area contributed by atoms with Gasteiger partial charge in [-0.05, 0) is 30.9 Å². The van der Waals surface area contributed by atoms with Crippen molar-refractivity contribution in [1.82, 2.24) is 4.98 Å². The first-order valence-corrected chi connectivity index (χ1v) is 6.43. The van der Waals surface area contributed by atoms with E-state index in [4.69, 9.17) is 4.74 Å². The summed E-state index contributed by atoms with van der Waals surface area (Å²) in [4.78, 5) is 4.42. The average Bonchev–Trinajstić information content (AvgIpc) is 2.89. The van der Waals surface area contributed by atoms with Crippen LogP contribution in [0.1, 0.15) is 13.3 Å². The molecule has 4 heteroatoms. The molecule has 16 heavy (non-hydrogen) atoms. The molecule has 2 aromatic rings. The molecule has 84 valence electrons. The minimum absolute atomic E-state index is 0.274. The van der Waals surface area contributed by atoms with Crippen molar-refractivity contribution in [1.29, 1.82) is 0 Å². The third kappa shape index (κ3) is 1.68. The van der Waals surface area contributed by atoms with Crippen molar-refractivity contribution in [2.24, 2.45) is 0 Å². The second-order valence-corrected chi connectivity index (χ2v) is 5.06. The Bertz CT molecular complexity index is 496.